The van der Waals surface area contributed by atoms with E-state index in [-0.39, 0.29) is 5.57 Å². The van der Waals surface area contributed by atoms with Crippen LogP contribution in [0.1, 0.15) is 32.2 Å². The highest BCUT2D eigenvalue weighted by atomic mass is 16.7. The number of rotatable bonds is 4. The summed E-state index contributed by atoms with van der Waals surface area (Å²) in [6.07, 6.45) is 2.07. The molecule has 1 aliphatic rings. The van der Waals surface area contributed by atoms with Crippen LogP contribution in [0.2, 0.25) is 0 Å². The molecule has 1 aromatic heterocycles. The predicted molar refractivity (Wildman–Crippen MR) is 94.0 cm³/mol. The highest BCUT2D eigenvalue weighted by Crippen LogP contribution is 2.26. The van der Waals surface area contributed by atoms with Gasteiger partial charge in [-0.2, -0.15) is 0 Å². The molecular weight excluding hydrogens is 336 g/mol. The molecule has 136 valence electrons. The van der Waals surface area contributed by atoms with Gasteiger partial charge in [0.15, 0.2) is 5.57 Å². The summed E-state index contributed by atoms with van der Waals surface area (Å²) >= 11 is 0. The van der Waals surface area contributed by atoms with E-state index in [0.29, 0.717) is 11.6 Å². The Morgan fingerprint density at radius 3 is 2.50 bits per heavy atom. The molecule has 1 aliphatic heterocycles. The minimum absolute atomic E-state index is 0.199. The number of aromatic nitrogens is 1. The molecule has 7 heteroatoms. The number of nitrogens with one attached hydrogen (secondary N) is 1. The number of aryl methyl sites for hydroxylation is 2. The normalized spacial score (nSPS) is 16.1. The molecule has 1 fully saturated rings. The summed E-state index contributed by atoms with van der Waals surface area (Å²) in [5.41, 5.74) is 2.16. The zero-order valence-electron chi connectivity index (χ0n) is 15.1. The van der Waals surface area contributed by atoms with Crippen LogP contribution >= 0.6 is 0 Å². The Kier molecular flexibility index (Phi) is 4.54. The van der Waals surface area contributed by atoms with Gasteiger partial charge in [-0.15, -0.1) is 0 Å². The third kappa shape index (κ3) is 3.61. The van der Waals surface area contributed by atoms with Gasteiger partial charge in [0.25, 0.3) is 5.79 Å². The van der Waals surface area contributed by atoms with Crippen LogP contribution in [0.3, 0.4) is 0 Å². The summed E-state index contributed by atoms with van der Waals surface area (Å²) < 4.78 is 15.8. The van der Waals surface area contributed by atoms with E-state index < -0.39 is 17.7 Å². The number of benzene rings is 1. The number of carbonyl (C=O) groups excluding carboxylic acids is 2. The molecule has 0 saturated carbocycles. The summed E-state index contributed by atoms with van der Waals surface area (Å²) in [6, 6.07) is 7.29. The molecule has 26 heavy (non-hydrogen) atoms. The van der Waals surface area contributed by atoms with Crippen molar-refractivity contribution in [3.8, 4) is 11.5 Å². The number of cyclic esters (lactones) is 2. The molecule has 2 heterocycles. The highest BCUT2D eigenvalue weighted by Gasteiger charge is 2.38. The quantitative estimate of drug-likeness (QED) is 0.510. The molecule has 2 aromatic rings. The molecule has 0 aliphatic carbocycles. The third-order valence-corrected chi connectivity index (χ3v) is 3.84. The van der Waals surface area contributed by atoms with E-state index in [4.69, 9.17) is 13.9 Å². The van der Waals surface area contributed by atoms with E-state index in [2.05, 4.69) is 10.3 Å². The van der Waals surface area contributed by atoms with Crippen LogP contribution in [0.25, 0.3) is 11.5 Å². The molecule has 0 radical (unpaired) electrons. The molecule has 0 amide bonds. The first-order chi connectivity index (χ1) is 12.3. The number of oxazole rings is 1. The molecule has 0 atom stereocenters. The van der Waals surface area contributed by atoms with Gasteiger partial charge in [-0.1, -0.05) is 13.0 Å². The van der Waals surface area contributed by atoms with Crippen molar-refractivity contribution < 1.29 is 23.5 Å². The first-order valence-electron chi connectivity index (χ1n) is 8.29. The fraction of sp³-hybridized carbons (Fsp3) is 0.316. The number of esters is 2. The van der Waals surface area contributed by atoms with Crippen LogP contribution in [0.15, 0.2) is 40.5 Å². The summed E-state index contributed by atoms with van der Waals surface area (Å²) in [7, 11) is 0. The second kappa shape index (κ2) is 6.67. The maximum absolute atomic E-state index is 11.9. The van der Waals surface area contributed by atoms with Crippen LogP contribution in [0, 0.1) is 6.92 Å². The lowest BCUT2D eigenvalue weighted by molar-refractivity contribution is -0.222. The van der Waals surface area contributed by atoms with Crippen LogP contribution in [-0.4, -0.2) is 22.7 Å². The maximum atomic E-state index is 11.9. The number of anilines is 1. The molecule has 1 N–H and O–H groups in total. The topological polar surface area (TPSA) is 90.7 Å². The Balaban J connectivity index is 1.81. The lowest BCUT2D eigenvalue weighted by atomic mass is 10.2. The number of ether oxygens (including phenoxy) is 2. The van der Waals surface area contributed by atoms with Gasteiger partial charge >= 0.3 is 11.9 Å². The predicted octanol–water partition coefficient (Wildman–Crippen LogP) is 3.34. The first kappa shape index (κ1) is 17.7. The van der Waals surface area contributed by atoms with Crippen molar-refractivity contribution in [2.75, 3.05) is 5.32 Å². The smallest absolute Gasteiger partial charge is 0.350 e. The molecule has 1 aromatic carbocycles. The Labute approximate surface area is 151 Å². The number of hydrogen-bond donors (Lipinski definition) is 1. The maximum Gasteiger partial charge on any atom is 0.350 e. The summed E-state index contributed by atoms with van der Waals surface area (Å²) in [6.45, 7) is 6.89. The van der Waals surface area contributed by atoms with E-state index >= 15 is 0 Å². The fourth-order valence-corrected chi connectivity index (χ4v) is 2.56. The molecule has 1 saturated heterocycles. The fourth-order valence-electron chi connectivity index (χ4n) is 2.56. The zero-order valence-corrected chi connectivity index (χ0v) is 15.1. The number of hydrogen-bond acceptors (Lipinski definition) is 7. The molecule has 0 bridgehead atoms. The molecule has 7 nitrogen and oxygen atoms in total. The van der Waals surface area contributed by atoms with E-state index in [1.54, 1.807) is 6.07 Å². The van der Waals surface area contributed by atoms with E-state index in [9.17, 15) is 9.59 Å². The van der Waals surface area contributed by atoms with Crippen molar-refractivity contribution >= 4 is 17.6 Å². The van der Waals surface area contributed by atoms with Crippen molar-refractivity contribution in [2.45, 2.75) is 39.9 Å². The van der Waals surface area contributed by atoms with Gasteiger partial charge in [-0.05, 0) is 31.5 Å². The van der Waals surface area contributed by atoms with E-state index in [0.717, 1.165) is 23.4 Å². The molecule has 3 rings (SSSR count). The Bertz CT molecular complexity index is 873. The standard InChI is InChI=1S/C19H20N2O5/c1-5-15-11(2)24-16(21-15)12-7-6-8-13(9-12)20-10-14-17(22)25-19(3,4)26-18(14)23/h6-10,20H,5H2,1-4H3. The monoisotopic (exact) mass is 356 g/mol. The average molecular weight is 356 g/mol. The largest absolute Gasteiger partial charge is 0.441 e. The SMILES string of the molecule is CCc1nc(-c2cccc(NC=C3C(=O)OC(C)(C)OC3=O)c2)oc1C. The van der Waals surface area contributed by atoms with Crippen LogP contribution in [0.4, 0.5) is 5.69 Å². The van der Waals surface area contributed by atoms with Crippen molar-refractivity contribution in [2.24, 2.45) is 0 Å². The van der Waals surface area contributed by atoms with E-state index in [1.807, 2.05) is 32.0 Å². The minimum Gasteiger partial charge on any atom is -0.441 e. The van der Waals surface area contributed by atoms with Crippen LogP contribution < -0.4 is 5.32 Å². The van der Waals surface area contributed by atoms with Gasteiger partial charge in [0, 0.05) is 31.3 Å². The number of nitrogens with zero attached hydrogens (tertiary/aromatic N) is 1. The highest BCUT2D eigenvalue weighted by molar-refractivity contribution is 6.15. The minimum atomic E-state index is -1.26. The molecule has 0 spiro atoms. The second-order valence-electron chi connectivity index (χ2n) is 6.34. The van der Waals surface area contributed by atoms with Gasteiger partial charge in [-0.25, -0.2) is 14.6 Å². The van der Waals surface area contributed by atoms with Gasteiger partial charge in [0.1, 0.15) is 5.76 Å². The zero-order chi connectivity index (χ0) is 18.9. The Morgan fingerprint density at radius 2 is 1.88 bits per heavy atom. The lowest BCUT2D eigenvalue weighted by Gasteiger charge is -2.29. The van der Waals surface area contributed by atoms with E-state index in [1.165, 1.54) is 20.0 Å². The van der Waals surface area contributed by atoms with Gasteiger partial charge in [0.2, 0.25) is 5.89 Å². The summed E-state index contributed by atoms with van der Waals surface area (Å²) in [4.78, 5) is 28.4. The van der Waals surface area contributed by atoms with Crippen LogP contribution in [0.5, 0.6) is 0 Å². The Morgan fingerprint density at radius 1 is 1.19 bits per heavy atom. The average Bonchev–Trinajstić information content (AvgIpc) is 2.94. The molecular formula is C19H20N2O5. The van der Waals surface area contributed by atoms with Crippen molar-refractivity contribution in [3.63, 3.8) is 0 Å². The van der Waals surface area contributed by atoms with Gasteiger partial charge in [-0.3, -0.25) is 0 Å². The van der Waals surface area contributed by atoms with Crippen molar-refractivity contribution in [1.29, 1.82) is 0 Å². The number of carbonyl (C=O) groups is 2. The van der Waals surface area contributed by atoms with Crippen molar-refractivity contribution in [1.82, 2.24) is 4.98 Å². The summed E-state index contributed by atoms with van der Waals surface area (Å²) in [5, 5.41) is 2.91. The first-order valence-corrected chi connectivity index (χ1v) is 8.29. The van der Waals surface area contributed by atoms with Crippen molar-refractivity contribution in [3.05, 3.63) is 47.5 Å². The van der Waals surface area contributed by atoms with Crippen LogP contribution in [-0.2, 0) is 25.5 Å². The van der Waals surface area contributed by atoms with Gasteiger partial charge in [0.05, 0.1) is 5.69 Å². The lowest BCUT2D eigenvalue weighted by Crippen LogP contribution is -2.42. The van der Waals surface area contributed by atoms with Gasteiger partial charge < -0.3 is 19.2 Å². The Hall–Kier alpha value is -3.09. The third-order valence-electron chi connectivity index (χ3n) is 3.84. The second-order valence-corrected chi connectivity index (χ2v) is 6.34. The summed E-state index contributed by atoms with van der Waals surface area (Å²) in [5.74, 6) is -1.41. The molecule has 0 unspecified atom stereocenters.